The highest BCUT2D eigenvalue weighted by Crippen LogP contribution is 2.36. The number of aromatic nitrogens is 1. The maximum Gasteiger partial charge on any atom is 0.266 e. The zero-order valence-electron chi connectivity index (χ0n) is 11.8. The van der Waals surface area contributed by atoms with Gasteiger partial charge in [0.15, 0.2) is 0 Å². The fourth-order valence-electron chi connectivity index (χ4n) is 3.06. The van der Waals surface area contributed by atoms with Crippen LogP contribution in [0.4, 0.5) is 5.69 Å². The number of carbonyl (C=O) groups is 1. The minimum atomic E-state index is 0.0716. The molecule has 1 aliphatic heterocycles. The molecule has 2 aromatic rings. The number of rotatable bonds is 2. The van der Waals surface area contributed by atoms with Crippen LogP contribution in [-0.4, -0.2) is 27.9 Å². The Morgan fingerprint density at radius 3 is 3.05 bits per heavy atom. The van der Waals surface area contributed by atoms with E-state index >= 15 is 0 Å². The summed E-state index contributed by atoms with van der Waals surface area (Å²) in [7, 11) is 0. The number of anilines is 1. The number of nitrogens with zero attached hydrogens (tertiary/aromatic N) is 2. The molecule has 2 unspecified atom stereocenters. The summed E-state index contributed by atoms with van der Waals surface area (Å²) in [5.41, 5.74) is 7.42. The van der Waals surface area contributed by atoms with Crippen molar-refractivity contribution in [1.29, 1.82) is 0 Å². The van der Waals surface area contributed by atoms with E-state index in [4.69, 9.17) is 5.73 Å². The van der Waals surface area contributed by atoms with Crippen molar-refractivity contribution in [2.75, 3.05) is 5.73 Å². The van der Waals surface area contributed by atoms with Gasteiger partial charge < -0.3 is 10.6 Å². The van der Waals surface area contributed by atoms with Crippen LogP contribution < -0.4 is 5.73 Å². The van der Waals surface area contributed by atoms with Crippen LogP contribution in [0.15, 0.2) is 18.3 Å². The molecule has 0 aromatic carbocycles. The predicted octanol–water partition coefficient (Wildman–Crippen LogP) is 3.28. The Bertz CT molecular complexity index is 652. The Labute approximate surface area is 122 Å². The molecule has 20 heavy (non-hydrogen) atoms. The van der Waals surface area contributed by atoms with E-state index in [0.29, 0.717) is 22.6 Å². The van der Waals surface area contributed by atoms with E-state index in [1.165, 1.54) is 11.3 Å². The molecule has 2 atom stereocenters. The summed E-state index contributed by atoms with van der Waals surface area (Å²) in [6.07, 6.45) is 4.88. The SMILES string of the molecule is CCC1CCC(C)N1C(=O)c1sc2cccnc2c1N. The number of amides is 1. The van der Waals surface area contributed by atoms with Gasteiger partial charge in [-0.05, 0) is 38.3 Å². The van der Waals surface area contributed by atoms with Gasteiger partial charge in [-0.1, -0.05) is 6.92 Å². The van der Waals surface area contributed by atoms with Crippen molar-refractivity contribution < 1.29 is 4.79 Å². The largest absolute Gasteiger partial charge is 0.396 e. The van der Waals surface area contributed by atoms with Crippen molar-refractivity contribution in [1.82, 2.24) is 9.88 Å². The van der Waals surface area contributed by atoms with Gasteiger partial charge in [-0.2, -0.15) is 0 Å². The Balaban J connectivity index is 2.02. The van der Waals surface area contributed by atoms with Gasteiger partial charge in [0.25, 0.3) is 5.91 Å². The highest BCUT2D eigenvalue weighted by Gasteiger charge is 2.35. The molecule has 3 rings (SSSR count). The van der Waals surface area contributed by atoms with E-state index in [-0.39, 0.29) is 5.91 Å². The number of hydrogen-bond donors (Lipinski definition) is 1. The van der Waals surface area contributed by atoms with Crippen LogP contribution in [0.1, 0.15) is 42.8 Å². The molecule has 3 heterocycles. The third-order valence-corrected chi connectivity index (χ3v) is 5.32. The number of thiophene rings is 1. The van der Waals surface area contributed by atoms with Gasteiger partial charge in [0.05, 0.1) is 10.4 Å². The van der Waals surface area contributed by atoms with Crippen molar-refractivity contribution in [2.45, 2.75) is 45.2 Å². The number of nitrogen functional groups attached to an aromatic ring is 1. The van der Waals surface area contributed by atoms with Crippen LogP contribution in [0.5, 0.6) is 0 Å². The van der Waals surface area contributed by atoms with E-state index in [9.17, 15) is 4.79 Å². The van der Waals surface area contributed by atoms with Crippen molar-refractivity contribution in [2.24, 2.45) is 0 Å². The number of fused-ring (bicyclic) bond motifs is 1. The molecule has 1 aliphatic rings. The van der Waals surface area contributed by atoms with Crippen molar-refractivity contribution in [3.63, 3.8) is 0 Å². The number of pyridine rings is 1. The van der Waals surface area contributed by atoms with Gasteiger partial charge in [-0.3, -0.25) is 9.78 Å². The molecule has 2 N–H and O–H groups in total. The molecule has 0 radical (unpaired) electrons. The number of nitrogens with two attached hydrogens (primary N) is 1. The van der Waals surface area contributed by atoms with Crippen LogP contribution in [0.2, 0.25) is 0 Å². The Morgan fingerprint density at radius 1 is 1.55 bits per heavy atom. The van der Waals surface area contributed by atoms with Crippen LogP contribution >= 0.6 is 11.3 Å². The van der Waals surface area contributed by atoms with E-state index in [0.717, 1.165) is 29.5 Å². The second-order valence-corrected chi connectivity index (χ2v) is 6.45. The minimum Gasteiger partial charge on any atom is -0.396 e. The van der Waals surface area contributed by atoms with E-state index in [2.05, 4.69) is 18.8 Å². The topological polar surface area (TPSA) is 59.2 Å². The summed E-state index contributed by atoms with van der Waals surface area (Å²) < 4.78 is 0.980. The summed E-state index contributed by atoms with van der Waals surface area (Å²) >= 11 is 1.45. The Kier molecular flexibility index (Phi) is 3.38. The Hall–Kier alpha value is -1.62. The van der Waals surface area contributed by atoms with E-state index in [1.54, 1.807) is 6.20 Å². The van der Waals surface area contributed by atoms with E-state index in [1.807, 2.05) is 17.0 Å². The zero-order chi connectivity index (χ0) is 14.3. The van der Waals surface area contributed by atoms with Crippen LogP contribution in [-0.2, 0) is 0 Å². The molecule has 1 amide bonds. The summed E-state index contributed by atoms with van der Waals surface area (Å²) in [6, 6.07) is 4.48. The fourth-order valence-corrected chi connectivity index (χ4v) is 4.09. The highest BCUT2D eigenvalue weighted by atomic mass is 32.1. The van der Waals surface area contributed by atoms with Gasteiger partial charge in [0, 0.05) is 18.3 Å². The lowest BCUT2D eigenvalue weighted by Gasteiger charge is -2.27. The Morgan fingerprint density at radius 2 is 2.35 bits per heavy atom. The lowest BCUT2D eigenvalue weighted by Crippen LogP contribution is -2.39. The van der Waals surface area contributed by atoms with Crippen molar-refractivity contribution >= 4 is 33.1 Å². The van der Waals surface area contributed by atoms with E-state index < -0.39 is 0 Å². The minimum absolute atomic E-state index is 0.0716. The maximum absolute atomic E-state index is 12.8. The highest BCUT2D eigenvalue weighted by molar-refractivity contribution is 7.21. The number of carbonyl (C=O) groups excluding carboxylic acids is 1. The molecule has 0 bridgehead atoms. The zero-order valence-corrected chi connectivity index (χ0v) is 12.6. The van der Waals surface area contributed by atoms with Gasteiger partial charge in [0.2, 0.25) is 0 Å². The summed E-state index contributed by atoms with van der Waals surface area (Å²) in [5.74, 6) is 0.0716. The van der Waals surface area contributed by atoms with Crippen LogP contribution in [0.25, 0.3) is 10.2 Å². The maximum atomic E-state index is 12.8. The summed E-state index contributed by atoms with van der Waals surface area (Å²) in [4.78, 5) is 19.8. The molecular formula is C15H19N3OS. The first kappa shape index (κ1) is 13.4. The smallest absolute Gasteiger partial charge is 0.266 e. The average molecular weight is 289 g/mol. The summed E-state index contributed by atoms with van der Waals surface area (Å²) in [6.45, 7) is 4.26. The third kappa shape index (κ3) is 1.97. The predicted molar refractivity (Wildman–Crippen MR) is 83.0 cm³/mol. The second-order valence-electron chi connectivity index (χ2n) is 5.40. The van der Waals surface area contributed by atoms with Gasteiger partial charge in [-0.15, -0.1) is 11.3 Å². The molecule has 1 saturated heterocycles. The number of likely N-dealkylation sites (tertiary alicyclic amines) is 1. The molecule has 0 spiro atoms. The molecule has 2 aromatic heterocycles. The molecule has 106 valence electrons. The standard InChI is InChI=1S/C15H19N3OS/c1-3-10-7-6-9(2)18(10)15(19)14-12(16)13-11(20-14)5-4-8-17-13/h4-5,8-10H,3,6-7,16H2,1-2H3. The quantitative estimate of drug-likeness (QED) is 0.923. The lowest BCUT2D eigenvalue weighted by molar-refractivity contribution is 0.0682. The van der Waals surface area contributed by atoms with Gasteiger partial charge in [-0.25, -0.2) is 0 Å². The first-order valence-electron chi connectivity index (χ1n) is 7.09. The molecular weight excluding hydrogens is 270 g/mol. The van der Waals surface area contributed by atoms with Crippen LogP contribution in [0, 0.1) is 0 Å². The third-order valence-electron chi connectivity index (χ3n) is 4.17. The van der Waals surface area contributed by atoms with Crippen molar-refractivity contribution in [3.8, 4) is 0 Å². The second kappa shape index (κ2) is 5.05. The summed E-state index contributed by atoms with van der Waals surface area (Å²) in [5, 5.41) is 0. The van der Waals surface area contributed by atoms with Crippen molar-refractivity contribution in [3.05, 3.63) is 23.2 Å². The fraction of sp³-hybridized carbons (Fsp3) is 0.467. The molecule has 5 heteroatoms. The first-order chi connectivity index (χ1) is 9.63. The average Bonchev–Trinajstić information content (AvgIpc) is 2.99. The first-order valence-corrected chi connectivity index (χ1v) is 7.90. The normalized spacial score (nSPS) is 22.6. The molecule has 0 aliphatic carbocycles. The number of hydrogen-bond acceptors (Lipinski definition) is 4. The monoisotopic (exact) mass is 289 g/mol. The van der Waals surface area contributed by atoms with Crippen LogP contribution in [0.3, 0.4) is 0 Å². The van der Waals surface area contributed by atoms with Gasteiger partial charge in [0.1, 0.15) is 10.4 Å². The molecule has 0 saturated carbocycles. The molecule has 1 fully saturated rings. The lowest BCUT2D eigenvalue weighted by atomic mass is 10.1. The van der Waals surface area contributed by atoms with Gasteiger partial charge >= 0.3 is 0 Å². The molecule has 4 nitrogen and oxygen atoms in total.